The van der Waals surface area contributed by atoms with Crippen LogP contribution in [0, 0.1) is 11.8 Å². The van der Waals surface area contributed by atoms with Crippen LogP contribution < -0.4 is 10.9 Å². The van der Waals surface area contributed by atoms with Crippen LogP contribution in [0.4, 0.5) is 0 Å². The van der Waals surface area contributed by atoms with Crippen LogP contribution in [0.5, 0.6) is 0 Å². The van der Waals surface area contributed by atoms with Gasteiger partial charge in [-0.25, -0.2) is 0 Å². The lowest BCUT2D eigenvalue weighted by molar-refractivity contribution is -0.138. The summed E-state index contributed by atoms with van der Waals surface area (Å²) >= 11 is 0. The third-order valence-electron chi connectivity index (χ3n) is 2.86. The van der Waals surface area contributed by atoms with E-state index in [0.29, 0.717) is 5.92 Å². The molecular weight excluding hydrogens is 260 g/mol. The number of aliphatic carboxylic acids is 1. The molecule has 1 heterocycles. The van der Waals surface area contributed by atoms with Crippen LogP contribution >= 0.6 is 0 Å². The molecule has 20 heavy (non-hydrogen) atoms. The maximum atomic E-state index is 11.9. The summed E-state index contributed by atoms with van der Waals surface area (Å²) in [5.74, 6) is -0.995. The van der Waals surface area contributed by atoms with Gasteiger partial charge in [0.15, 0.2) is 0 Å². The van der Waals surface area contributed by atoms with E-state index < -0.39 is 5.97 Å². The van der Waals surface area contributed by atoms with Crippen molar-refractivity contribution in [2.75, 3.05) is 6.54 Å². The van der Waals surface area contributed by atoms with Gasteiger partial charge in [-0.2, -0.15) is 0 Å². The molecule has 1 amide bonds. The van der Waals surface area contributed by atoms with Crippen molar-refractivity contribution in [3.63, 3.8) is 0 Å². The van der Waals surface area contributed by atoms with Crippen molar-refractivity contribution < 1.29 is 14.7 Å². The monoisotopic (exact) mass is 280 g/mol. The SMILES string of the molecule is CC(C)C[C@H](CNC(=O)c1cc[nH]c(=O)c1)CC(=O)O. The van der Waals surface area contributed by atoms with Crippen molar-refractivity contribution in [2.24, 2.45) is 11.8 Å². The number of carboxylic acids is 1. The van der Waals surface area contributed by atoms with Gasteiger partial charge in [-0.1, -0.05) is 13.8 Å². The second kappa shape index (κ2) is 7.47. The fourth-order valence-corrected chi connectivity index (χ4v) is 2.08. The minimum Gasteiger partial charge on any atom is -0.481 e. The van der Waals surface area contributed by atoms with E-state index in [0.717, 1.165) is 6.42 Å². The van der Waals surface area contributed by atoms with Crippen LogP contribution in [0.2, 0.25) is 0 Å². The molecule has 1 aromatic heterocycles. The Morgan fingerprint density at radius 3 is 2.65 bits per heavy atom. The summed E-state index contributed by atoms with van der Waals surface area (Å²) in [7, 11) is 0. The van der Waals surface area contributed by atoms with Gasteiger partial charge in [0.05, 0.1) is 0 Å². The van der Waals surface area contributed by atoms with Gasteiger partial charge in [-0.15, -0.1) is 0 Å². The molecular formula is C14H20N2O4. The number of H-pyrrole nitrogens is 1. The highest BCUT2D eigenvalue weighted by Crippen LogP contribution is 2.14. The molecule has 110 valence electrons. The number of pyridine rings is 1. The topological polar surface area (TPSA) is 99.3 Å². The summed E-state index contributed by atoms with van der Waals surface area (Å²) in [4.78, 5) is 36.2. The maximum absolute atomic E-state index is 11.9. The number of rotatable bonds is 7. The highest BCUT2D eigenvalue weighted by Gasteiger charge is 2.16. The Kier molecular flexibility index (Phi) is 5.96. The second-order valence-electron chi connectivity index (χ2n) is 5.25. The highest BCUT2D eigenvalue weighted by molar-refractivity contribution is 5.93. The summed E-state index contributed by atoms with van der Waals surface area (Å²) in [6.07, 6.45) is 2.15. The zero-order chi connectivity index (χ0) is 15.1. The molecule has 0 aliphatic heterocycles. The standard InChI is InChI=1S/C14H20N2O4/c1-9(2)5-10(6-13(18)19)8-16-14(20)11-3-4-15-12(17)7-11/h3-4,7,9-10H,5-6,8H2,1-2H3,(H,15,17)(H,16,20)(H,18,19)/t10-/m0/s1. The van der Waals surface area contributed by atoms with Crippen molar-refractivity contribution in [3.8, 4) is 0 Å². The minimum atomic E-state index is -0.874. The van der Waals surface area contributed by atoms with Gasteiger partial charge in [0, 0.05) is 30.8 Å². The molecule has 1 atom stereocenters. The van der Waals surface area contributed by atoms with Gasteiger partial charge in [0.2, 0.25) is 5.56 Å². The van der Waals surface area contributed by atoms with Crippen molar-refractivity contribution >= 4 is 11.9 Å². The van der Waals surface area contributed by atoms with Gasteiger partial charge in [0.25, 0.3) is 5.91 Å². The van der Waals surface area contributed by atoms with Crippen molar-refractivity contribution in [1.82, 2.24) is 10.3 Å². The Hall–Kier alpha value is -2.11. The molecule has 0 aliphatic carbocycles. The van der Waals surface area contributed by atoms with E-state index in [9.17, 15) is 14.4 Å². The Morgan fingerprint density at radius 1 is 1.40 bits per heavy atom. The quantitative estimate of drug-likeness (QED) is 0.699. The maximum Gasteiger partial charge on any atom is 0.303 e. The van der Waals surface area contributed by atoms with E-state index in [1.165, 1.54) is 18.3 Å². The number of amides is 1. The molecule has 0 saturated heterocycles. The fraction of sp³-hybridized carbons (Fsp3) is 0.500. The van der Waals surface area contributed by atoms with E-state index in [1.54, 1.807) is 0 Å². The Balaban J connectivity index is 2.60. The first-order valence-corrected chi connectivity index (χ1v) is 6.57. The number of hydrogen-bond donors (Lipinski definition) is 3. The fourth-order valence-electron chi connectivity index (χ4n) is 2.08. The molecule has 6 heteroatoms. The third kappa shape index (κ3) is 5.69. The van der Waals surface area contributed by atoms with E-state index >= 15 is 0 Å². The summed E-state index contributed by atoms with van der Waals surface area (Å²) in [5.41, 5.74) is -0.0747. The van der Waals surface area contributed by atoms with Gasteiger partial charge >= 0.3 is 5.97 Å². The normalized spacial score (nSPS) is 12.2. The van der Waals surface area contributed by atoms with Crippen LogP contribution in [0.1, 0.15) is 37.0 Å². The number of carbonyl (C=O) groups is 2. The number of carbonyl (C=O) groups excluding carboxylic acids is 1. The van der Waals surface area contributed by atoms with Gasteiger partial charge in [0.1, 0.15) is 0 Å². The zero-order valence-electron chi connectivity index (χ0n) is 11.7. The smallest absolute Gasteiger partial charge is 0.303 e. The average Bonchev–Trinajstić information content (AvgIpc) is 2.34. The predicted octanol–water partition coefficient (Wildman–Crippen LogP) is 1.24. The van der Waals surface area contributed by atoms with Crippen molar-refractivity contribution in [3.05, 3.63) is 34.2 Å². The molecule has 1 aromatic rings. The zero-order valence-corrected chi connectivity index (χ0v) is 11.7. The van der Waals surface area contributed by atoms with Crippen molar-refractivity contribution in [2.45, 2.75) is 26.7 Å². The third-order valence-corrected chi connectivity index (χ3v) is 2.86. The first-order valence-electron chi connectivity index (χ1n) is 6.57. The Morgan fingerprint density at radius 2 is 2.10 bits per heavy atom. The summed E-state index contributed by atoms with van der Waals surface area (Å²) in [6, 6.07) is 2.72. The second-order valence-corrected chi connectivity index (χ2v) is 5.25. The van der Waals surface area contributed by atoms with Gasteiger partial charge in [-0.3, -0.25) is 14.4 Å². The molecule has 0 aliphatic rings. The summed E-state index contributed by atoms with van der Waals surface area (Å²) in [5, 5.41) is 11.5. The molecule has 1 rings (SSSR count). The van der Waals surface area contributed by atoms with Crippen LogP contribution in [-0.4, -0.2) is 28.5 Å². The number of aromatic nitrogens is 1. The van der Waals surface area contributed by atoms with Crippen molar-refractivity contribution in [1.29, 1.82) is 0 Å². The molecule has 3 N–H and O–H groups in total. The number of aromatic amines is 1. The molecule has 0 unspecified atom stereocenters. The molecule has 0 aromatic carbocycles. The average molecular weight is 280 g/mol. The first-order chi connectivity index (χ1) is 9.38. The molecule has 0 bridgehead atoms. The van der Waals surface area contributed by atoms with Crippen LogP contribution in [-0.2, 0) is 4.79 Å². The first kappa shape index (κ1) is 15.9. The molecule has 0 spiro atoms. The Labute approximate surface area is 117 Å². The predicted molar refractivity (Wildman–Crippen MR) is 74.6 cm³/mol. The molecule has 0 saturated carbocycles. The molecule has 0 radical (unpaired) electrons. The Bertz CT molecular complexity index is 522. The lowest BCUT2D eigenvalue weighted by Crippen LogP contribution is -2.31. The van der Waals surface area contributed by atoms with E-state index in [2.05, 4.69) is 10.3 Å². The summed E-state index contributed by atoms with van der Waals surface area (Å²) in [6.45, 7) is 4.30. The lowest BCUT2D eigenvalue weighted by atomic mass is 9.94. The highest BCUT2D eigenvalue weighted by atomic mass is 16.4. The molecule has 0 fully saturated rings. The van der Waals surface area contributed by atoms with E-state index in [4.69, 9.17) is 5.11 Å². The largest absolute Gasteiger partial charge is 0.481 e. The van der Waals surface area contributed by atoms with Gasteiger partial charge in [-0.05, 0) is 24.3 Å². The minimum absolute atomic E-state index is 0.0217. The summed E-state index contributed by atoms with van der Waals surface area (Å²) < 4.78 is 0. The van der Waals surface area contributed by atoms with Crippen LogP contribution in [0.3, 0.4) is 0 Å². The van der Waals surface area contributed by atoms with Crippen LogP contribution in [0.15, 0.2) is 23.1 Å². The van der Waals surface area contributed by atoms with Gasteiger partial charge < -0.3 is 15.4 Å². The lowest BCUT2D eigenvalue weighted by Gasteiger charge is -2.17. The molecule has 6 nitrogen and oxygen atoms in total. The van der Waals surface area contributed by atoms with E-state index in [-0.39, 0.29) is 35.9 Å². The van der Waals surface area contributed by atoms with E-state index in [1.807, 2.05) is 13.8 Å². The number of nitrogens with one attached hydrogen (secondary N) is 2. The number of carboxylic acid groups (broad SMARTS) is 1. The van der Waals surface area contributed by atoms with Crippen LogP contribution in [0.25, 0.3) is 0 Å². The number of hydrogen-bond acceptors (Lipinski definition) is 3.